The van der Waals surface area contributed by atoms with E-state index in [4.69, 9.17) is 5.11 Å². The molecule has 1 atom stereocenters. The third-order valence-electron chi connectivity index (χ3n) is 2.70. The fraction of sp³-hybridized carbons (Fsp3) is 0.667. The highest BCUT2D eigenvalue weighted by molar-refractivity contribution is 9.10. The number of aliphatic hydroxyl groups is 1. The van der Waals surface area contributed by atoms with Gasteiger partial charge in [-0.25, -0.2) is 4.68 Å². The molecule has 0 spiro atoms. The number of rotatable bonds is 7. The van der Waals surface area contributed by atoms with E-state index in [-0.39, 0.29) is 18.1 Å². The Morgan fingerprint density at radius 2 is 2.26 bits per heavy atom. The minimum absolute atomic E-state index is 0.109. The first-order chi connectivity index (χ1) is 8.95. The summed E-state index contributed by atoms with van der Waals surface area (Å²) in [6, 6.07) is 0. The topological polar surface area (TPSA) is 70.4 Å². The summed E-state index contributed by atoms with van der Waals surface area (Å²) >= 11 is 3.30. The van der Waals surface area contributed by atoms with Crippen LogP contribution in [0.1, 0.15) is 6.92 Å². The van der Waals surface area contributed by atoms with Crippen molar-refractivity contribution in [3.8, 4) is 0 Å². The molecule has 1 aromatic heterocycles. The molecule has 0 bridgehead atoms. The van der Waals surface area contributed by atoms with E-state index in [0.717, 1.165) is 6.54 Å². The van der Waals surface area contributed by atoms with Gasteiger partial charge in [0.05, 0.1) is 18.4 Å². The van der Waals surface area contributed by atoms with Crippen molar-refractivity contribution in [2.75, 3.05) is 39.1 Å². The molecule has 0 saturated carbocycles. The van der Waals surface area contributed by atoms with Crippen LogP contribution >= 0.6 is 15.9 Å². The lowest BCUT2D eigenvalue weighted by atomic mass is 10.2. The Kier molecular flexibility index (Phi) is 6.47. The zero-order valence-electron chi connectivity index (χ0n) is 11.6. The minimum Gasteiger partial charge on any atom is -0.396 e. The van der Waals surface area contributed by atoms with Crippen LogP contribution in [0.15, 0.2) is 15.5 Å². The minimum atomic E-state index is -0.150. The van der Waals surface area contributed by atoms with Gasteiger partial charge in [-0.15, -0.1) is 0 Å². The van der Waals surface area contributed by atoms with Gasteiger partial charge in [0, 0.05) is 19.7 Å². The summed E-state index contributed by atoms with van der Waals surface area (Å²) in [4.78, 5) is 14.1. The number of nitrogens with one attached hydrogen (secondary N) is 1. The average molecular weight is 333 g/mol. The van der Waals surface area contributed by atoms with Crippen LogP contribution in [-0.4, -0.2) is 53.6 Å². The van der Waals surface area contributed by atoms with Crippen molar-refractivity contribution < 1.29 is 5.11 Å². The van der Waals surface area contributed by atoms with Crippen molar-refractivity contribution in [2.45, 2.75) is 13.5 Å². The van der Waals surface area contributed by atoms with E-state index in [1.54, 1.807) is 6.20 Å². The highest BCUT2D eigenvalue weighted by Crippen LogP contribution is 2.16. The third-order valence-corrected chi connectivity index (χ3v) is 3.46. The summed E-state index contributed by atoms with van der Waals surface area (Å²) in [7, 11) is 3.90. The predicted molar refractivity (Wildman–Crippen MR) is 79.5 cm³/mol. The molecule has 0 amide bonds. The number of aromatic nitrogens is 2. The standard InChI is InChI=1S/C12H21BrN4O2/c1-9(8-18)6-14-10-7-15-17(5-4-16(2)3)12(19)11(10)13/h7,9,14,18H,4-6,8H2,1-3H3. The van der Waals surface area contributed by atoms with Gasteiger partial charge >= 0.3 is 0 Å². The summed E-state index contributed by atoms with van der Waals surface area (Å²) in [6.45, 7) is 3.94. The zero-order chi connectivity index (χ0) is 14.4. The first kappa shape index (κ1) is 16.1. The fourth-order valence-electron chi connectivity index (χ4n) is 1.39. The second kappa shape index (κ2) is 7.62. The first-order valence-corrected chi connectivity index (χ1v) is 7.00. The molecule has 0 aromatic carbocycles. The molecule has 1 aromatic rings. The maximum absolute atomic E-state index is 12.1. The van der Waals surface area contributed by atoms with Gasteiger partial charge in [-0.05, 0) is 35.9 Å². The molecule has 0 saturated heterocycles. The molecule has 0 aliphatic heterocycles. The van der Waals surface area contributed by atoms with Gasteiger partial charge in [0.15, 0.2) is 0 Å². The van der Waals surface area contributed by atoms with Crippen LogP contribution < -0.4 is 10.9 Å². The highest BCUT2D eigenvalue weighted by atomic mass is 79.9. The van der Waals surface area contributed by atoms with Crippen LogP contribution in [0, 0.1) is 5.92 Å². The Hall–Kier alpha value is -0.920. The lowest BCUT2D eigenvalue weighted by Gasteiger charge is -2.14. The number of likely N-dealkylation sites (N-methyl/N-ethyl adjacent to an activating group) is 1. The number of nitrogens with zero attached hydrogens (tertiary/aromatic N) is 3. The summed E-state index contributed by atoms with van der Waals surface area (Å²) in [5.41, 5.74) is 0.509. The SMILES string of the molecule is CC(CO)CNc1cnn(CCN(C)C)c(=O)c1Br. The van der Waals surface area contributed by atoms with Crippen molar-refractivity contribution in [1.29, 1.82) is 0 Å². The number of aliphatic hydroxyl groups excluding tert-OH is 1. The molecule has 1 unspecified atom stereocenters. The highest BCUT2D eigenvalue weighted by Gasteiger charge is 2.09. The summed E-state index contributed by atoms with van der Waals surface area (Å²) in [5.74, 6) is 0.128. The monoisotopic (exact) mass is 332 g/mol. The van der Waals surface area contributed by atoms with Crippen molar-refractivity contribution in [1.82, 2.24) is 14.7 Å². The van der Waals surface area contributed by atoms with Gasteiger partial charge in [0.2, 0.25) is 0 Å². The van der Waals surface area contributed by atoms with Gasteiger partial charge < -0.3 is 15.3 Å². The van der Waals surface area contributed by atoms with Gasteiger partial charge in [-0.1, -0.05) is 6.92 Å². The zero-order valence-corrected chi connectivity index (χ0v) is 13.1. The van der Waals surface area contributed by atoms with E-state index in [2.05, 4.69) is 26.3 Å². The lowest BCUT2D eigenvalue weighted by molar-refractivity contribution is 0.244. The van der Waals surface area contributed by atoms with Crippen LogP contribution in [0.5, 0.6) is 0 Å². The van der Waals surface area contributed by atoms with Gasteiger partial charge in [0.25, 0.3) is 5.56 Å². The van der Waals surface area contributed by atoms with E-state index in [0.29, 0.717) is 23.2 Å². The molecule has 0 aliphatic carbocycles. The third kappa shape index (κ3) is 4.93. The van der Waals surface area contributed by atoms with E-state index in [9.17, 15) is 4.79 Å². The van der Waals surface area contributed by atoms with Crippen LogP contribution in [0.25, 0.3) is 0 Å². The van der Waals surface area contributed by atoms with Gasteiger partial charge in [-0.3, -0.25) is 4.79 Å². The molecule has 19 heavy (non-hydrogen) atoms. The quantitative estimate of drug-likeness (QED) is 0.765. The predicted octanol–water partition coefficient (Wildman–Crippen LogP) is 0.608. The maximum Gasteiger partial charge on any atom is 0.283 e. The Morgan fingerprint density at radius 1 is 1.58 bits per heavy atom. The Bertz CT molecular complexity index is 462. The molecule has 0 radical (unpaired) electrons. The average Bonchev–Trinajstić information content (AvgIpc) is 2.38. The van der Waals surface area contributed by atoms with Gasteiger partial charge in [0.1, 0.15) is 4.47 Å². The second-order valence-electron chi connectivity index (χ2n) is 4.87. The van der Waals surface area contributed by atoms with E-state index >= 15 is 0 Å². The molecule has 6 nitrogen and oxygen atoms in total. The fourth-order valence-corrected chi connectivity index (χ4v) is 1.84. The summed E-state index contributed by atoms with van der Waals surface area (Å²) in [5, 5.41) is 16.2. The summed E-state index contributed by atoms with van der Waals surface area (Å²) < 4.78 is 1.91. The van der Waals surface area contributed by atoms with Crippen LogP contribution in [0.4, 0.5) is 5.69 Å². The van der Waals surface area contributed by atoms with Gasteiger partial charge in [-0.2, -0.15) is 5.10 Å². The van der Waals surface area contributed by atoms with Crippen LogP contribution in [0.3, 0.4) is 0 Å². The molecule has 7 heteroatoms. The number of hydrogen-bond acceptors (Lipinski definition) is 5. The maximum atomic E-state index is 12.1. The van der Waals surface area contributed by atoms with Crippen molar-refractivity contribution in [2.24, 2.45) is 5.92 Å². The molecular formula is C12H21BrN4O2. The molecular weight excluding hydrogens is 312 g/mol. The Labute approximate surface area is 121 Å². The molecule has 1 rings (SSSR count). The number of anilines is 1. The Morgan fingerprint density at radius 3 is 2.84 bits per heavy atom. The molecule has 1 heterocycles. The molecule has 0 fully saturated rings. The smallest absolute Gasteiger partial charge is 0.283 e. The van der Waals surface area contributed by atoms with Crippen molar-refractivity contribution in [3.63, 3.8) is 0 Å². The second-order valence-corrected chi connectivity index (χ2v) is 5.67. The molecule has 0 aliphatic rings. The normalized spacial score (nSPS) is 12.7. The number of hydrogen-bond donors (Lipinski definition) is 2. The molecule has 108 valence electrons. The van der Waals surface area contributed by atoms with E-state index < -0.39 is 0 Å². The van der Waals surface area contributed by atoms with Crippen LogP contribution in [0.2, 0.25) is 0 Å². The van der Waals surface area contributed by atoms with E-state index in [1.807, 2.05) is 25.9 Å². The first-order valence-electron chi connectivity index (χ1n) is 6.20. The summed E-state index contributed by atoms with van der Waals surface area (Å²) in [6.07, 6.45) is 1.63. The number of halogens is 1. The molecule has 2 N–H and O–H groups in total. The van der Waals surface area contributed by atoms with Crippen molar-refractivity contribution in [3.05, 3.63) is 21.0 Å². The largest absolute Gasteiger partial charge is 0.396 e. The van der Waals surface area contributed by atoms with Crippen LogP contribution in [-0.2, 0) is 6.54 Å². The van der Waals surface area contributed by atoms with E-state index in [1.165, 1.54) is 4.68 Å². The lowest BCUT2D eigenvalue weighted by Crippen LogP contribution is -2.29. The Balaban J connectivity index is 2.77. The van der Waals surface area contributed by atoms with Crippen molar-refractivity contribution >= 4 is 21.6 Å².